The van der Waals surface area contributed by atoms with Gasteiger partial charge in [0.1, 0.15) is 5.41 Å². The Morgan fingerprint density at radius 3 is 2.69 bits per heavy atom. The van der Waals surface area contributed by atoms with Gasteiger partial charge in [-0.15, -0.1) is 0 Å². The van der Waals surface area contributed by atoms with Crippen LogP contribution in [-0.4, -0.2) is 25.2 Å². The van der Waals surface area contributed by atoms with E-state index in [1.807, 2.05) is 13.8 Å². The molecule has 16 heavy (non-hydrogen) atoms. The molecule has 1 saturated carbocycles. The molecule has 0 unspecified atom stereocenters. The van der Waals surface area contributed by atoms with Crippen LogP contribution < -0.4 is 5.32 Å². The zero-order valence-electron chi connectivity index (χ0n) is 10.2. The van der Waals surface area contributed by atoms with Gasteiger partial charge < -0.3 is 10.1 Å². The van der Waals surface area contributed by atoms with Crippen molar-refractivity contribution < 1.29 is 9.53 Å². The van der Waals surface area contributed by atoms with Crippen LogP contribution in [0.2, 0.25) is 0 Å². The van der Waals surface area contributed by atoms with Crippen LogP contribution in [-0.2, 0) is 9.53 Å². The fourth-order valence-corrected chi connectivity index (χ4v) is 2.09. The Balaban J connectivity index is 2.27. The van der Waals surface area contributed by atoms with E-state index in [0.29, 0.717) is 31.9 Å². The lowest BCUT2D eigenvalue weighted by Gasteiger charge is -2.39. The SMILES string of the molecule is CC1CC(C#N)(C(=O)NCCOC(C)C)C1. The lowest BCUT2D eigenvalue weighted by Crippen LogP contribution is -2.48. The van der Waals surface area contributed by atoms with E-state index >= 15 is 0 Å². The Morgan fingerprint density at radius 1 is 1.62 bits per heavy atom. The minimum Gasteiger partial charge on any atom is -0.377 e. The van der Waals surface area contributed by atoms with E-state index in [9.17, 15) is 4.79 Å². The van der Waals surface area contributed by atoms with Gasteiger partial charge in [-0.3, -0.25) is 4.79 Å². The maximum atomic E-state index is 11.8. The van der Waals surface area contributed by atoms with Crippen LogP contribution in [0.4, 0.5) is 0 Å². The first-order chi connectivity index (χ1) is 7.50. The Hall–Kier alpha value is -1.08. The second-order valence-corrected chi connectivity index (χ2v) is 4.88. The third kappa shape index (κ3) is 2.96. The van der Waals surface area contributed by atoms with Crippen LogP contribution in [0.25, 0.3) is 0 Å². The largest absolute Gasteiger partial charge is 0.377 e. The normalized spacial score (nSPS) is 28.3. The van der Waals surface area contributed by atoms with Gasteiger partial charge in [-0.2, -0.15) is 5.26 Å². The van der Waals surface area contributed by atoms with Gasteiger partial charge in [0.25, 0.3) is 0 Å². The van der Waals surface area contributed by atoms with Gasteiger partial charge in [0.2, 0.25) is 5.91 Å². The first-order valence-electron chi connectivity index (χ1n) is 5.81. The van der Waals surface area contributed by atoms with E-state index in [4.69, 9.17) is 10.00 Å². The summed E-state index contributed by atoms with van der Waals surface area (Å²) in [6, 6.07) is 2.14. The summed E-state index contributed by atoms with van der Waals surface area (Å²) >= 11 is 0. The van der Waals surface area contributed by atoms with Gasteiger partial charge in [0, 0.05) is 6.54 Å². The number of hydrogen-bond acceptors (Lipinski definition) is 3. The van der Waals surface area contributed by atoms with Crippen LogP contribution in [0.1, 0.15) is 33.6 Å². The Kier molecular flexibility index (Phi) is 4.31. The fourth-order valence-electron chi connectivity index (χ4n) is 2.09. The number of carbonyl (C=O) groups is 1. The highest BCUT2D eigenvalue weighted by Crippen LogP contribution is 2.44. The number of nitrogens with one attached hydrogen (secondary N) is 1. The molecule has 0 heterocycles. The van der Waals surface area contributed by atoms with Crippen LogP contribution in [0.15, 0.2) is 0 Å². The molecule has 0 aliphatic heterocycles. The third-order valence-electron chi connectivity index (χ3n) is 2.88. The van der Waals surface area contributed by atoms with E-state index in [1.54, 1.807) is 0 Å². The number of carbonyl (C=O) groups excluding carboxylic acids is 1. The van der Waals surface area contributed by atoms with Gasteiger partial charge in [0.15, 0.2) is 0 Å². The van der Waals surface area contributed by atoms with E-state index in [-0.39, 0.29) is 12.0 Å². The highest BCUT2D eigenvalue weighted by atomic mass is 16.5. The van der Waals surface area contributed by atoms with Crippen molar-refractivity contribution in [2.45, 2.75) is 39.7 Å². The average molecular weight is 224 g/mol. The number of rotatable bonds is 5. The summed E-state index contributed by atoms with van der Waals surface area (Å²) < 4.78 is 5.31. The predicted molar refractivity (Wildman–Crippen MR) is 60.5 cm³/mol. The van der Waals surface area contributed by atoms with Gasteiger partial charge in [-0.1, -0.05) is 6.92 Å². The number of nitrogens with zero attached hydrogens (tertiary/aromatic N) is 1. The summed E-state index contributed by atoms with van der Waals surface area (Å²) in [4.78, 5) is 11.8. The van der Waals surface area contributed by atoms with Crippen molar-refractivity contribution in [1.82, 2.24) is 5.32 Å². The highest BCUT2D eigenvalue weighted by Gasteiger charge is 2.48. The van der Waals surface area contributed by atoms with Crippen LogP contribution >= 0.6 is 0 Å². The summed E-state index contributed by atoms with van der Waals surface area (Å²) in [6.45, 7) is 6.94. The van der Waals surface area contributed by atoms with Crippen LogP contribution in [0.3, 0.4) is 0 Å². The molecule has 1 rings (SSSR count). The summed E-state index contributed by atoms with van der Waals surface area (Å²) in [5.41, 5.74) is -0.767. The summed E-state index contributed by atoms with van der Waals surface area (Å²) in [7, 11) is 0. The van der Waals surface area contributed by atoms with Crippen molar-refractivity contribution in [2.24, 2.45) is 11.3 Å². The number of nitriles is 1. The van der Waals surface area contributed by atoms with Crippen molar-refractivity contribution in [3.63, 3.8) is 0 Å². The van der Waals surface area contributed by atoms with E-state index in [0.717, 1.165) is 0 Å². The molecule has 0 radical (unpaired) electrons. The standard InChI is InChI=1S/C12H20N2O2/c1-9(2)16-5-4-14-11(15)12(8-13)6-10(3)7-12/h9-10H,4-7H2,1-3H3,(H,14,15). The molecule has 1 aliphatic carbocycles. The molecule has 1 amide bonds. The topological polar surface area (TPSA) is 62.1 Å². The molecule has 0 bridgehead atoms. The maximum Gasteiger partial charge on any atom is 0.240 e. The van der Waals surface area contributed by atoms with Gasteiger partial charge in [0.05, 0.1) is 18.8 Å². The summed E-state index contributed by atoms with van der Waals surface area (Å²) in [6.07, 6.45) is 1.53. The maximum absolute atomic E-state index is 11.8. The minimum atomic E-state index is -0.767. The van der Waals surface area contributed by atoms with E-state index < -0.39 is 5.41 Å². The Labute approximate surface area is 97.0 Å². The molecule has 0 aromatic heterocycles. The molecule has 1 N–H and O–H groups in total. The molecule has 0 saturated heterocycles. The molecule has 4 nitrogen and oxygen atoms in total. The van der Waals surface area contributed by atoms with Crippen molar-refractivity contribution in [1.29, 1.82) is 5.26 Å². The second-order valence-electron chi connectivity index (χ2n) is 4.88. The minimum absolute atomic E-state index is 0.138. The van der Waals surface area contributed by atoms with Crippen molar-refractivity contribution >= 4 is 5.91 Å². The summed E-state index contributed by atoms with van der Waals surface area (Å²) in [5.74, 6) is 0.345. The van der Waals surface area contributed by atoms with Gasteiger partial charge >= 0.3 is 0 Å². The first kappa shape index (κ1) is 13.0. The zero-order valence-corrected chi connectivity index (χ0v) is 10.2. The lowest BCUT2D eigenvalue weighted by atomic mass is 9.63. The molecule has 4 heteroatoms. The smallest absolute Gasteiger partial charge is 0.240 e. The Bertz CT molecular complexity index is 288. The predicted octanol–water partition coefficient (Wildman–Crippen LogP) is 1.47. The molecule has 0 aromatic carbocycles. The number of ether oxygens (including phenoxy) is 1. The van der Waals surface area contributed by atoms with E-state index in [1.165, 1.54) is 0 Å². The first-order valence-corrected chi connectivity index (χ1v) is 5.81. The van der Waals surface area contributed by atoms with Crippen molar-refractivity contribution in [2.75, 3.05) is 13.2 Å². The second kappa shape index (κ2) is 5.31. The molecule has 1 fully saturated rings. The van der Waals surface area contributed by atoms with Gasteiger partial charge in [-0.05, 0) is 32.6 Å². The average Bonchev–Trinajstić information content (AvgIpc) is 2.18. The molecular formula is C12H20N2O2. The fraction of sp³-hybridized carbons (Fsp3) is 0.833. The van der Waals surface area contributed by atoms with Crippen molar-refractivity contribution in [3.05, 3.63) is 0 Å². The van der Waals surface area contributed by atoms with Crippen molar-refractivity contribution in [3.8, 4) is 6.07 Å². The third-order valence-corrected chi connectivity index (χ3v) is 2.88. The highest BCUT2D eigenvalue weighted by molar-refractivity contribution is 5.86. The van der Waals surface area contributed by atoms with Crippen LogP contribution in [0.5, 0.6) is 0 Å². The zero-order chi connectivity index (χ0) is 12.2. The molecular weight excluding hydrogens is 204 g/mol. The number of amides is 1. The quantitative estimate of drug-likeness (QED) is 0.719. The molecule has 0 spiro atoms. The molecule has 0 aromatic rings. The monoisotopic (exact) mass is 224 g/mol. The van der Waals surface area contributed by atoms with Crippen LogP contribution in [0, 0.1) is 22.7 Å². The Morgan fingerprint density at radius 2 is 2.25 bits per heavy atom. The van der Waals surface area contributed by atoms with E-state index in [2.05, 4.69) is 18.3 Å². The molecule has 1 aliphatic rings. The lowest BCUT2D eigenvalue weighted by molar-refractivity contribution is -0.134. The van der Waals surface area contributed by atoms with Gasteiger partial charge in [-0.25, -0.2) is 0 Å². The molecule has 90 valence electrons. The number of hydrogen-bond donors (Lipinski definition) is 1. The molecule has 0 atom stereocenters. The summed E-state index contributed by atoms with van der Waals surface area (Å²) in [5, 5.41) is 11.8.